The maximum absolute atomic E-state index is 10.0. The van der Waals surface area contributed by atoms with Crippen LogP contribution >= 0.6 is 7.82 Å². The average Bonchev–Trinajstić information content (AvgIpc) is 1.99. The molecule has 0 bridgehead atoms. The number of aliphatic hydroxyl groups is 2. The molecule has 0 spiro atoms. The van der Waals surface area contributed by atoms with Crippen LogP contribution in [0.1, 0.15) is 6.42 Å². The molecule has 0 radical (unpaired) electrons. The van der Waals surface area contributed by atoms with Gasteiger partial charge in [0.25, 0.3) is 7.82 Å². The van der Waals surface area contributed by atoms with E-state index in [0.29, 0.717) is 6.29 Å². The van der Waals surface area contributed by atoms with Crippen molar-refractivity contribution in [2.75, 3.05) is 6.61 Å². The number of phosphoric ester groups is 1. The normalized spacial score (nSPS) is 18.9. The second-order valence-electron chi connectivity index (χ2n) is 2.30. The van der Waals surface area contributed by atoms with Crippen LogP contribution in [-0.2, 0) is 13.9 Å². The van der Waals surface area contributed by atoms with Gasteiger partial charge in [-0.1, -0.05) is 0 Å². The zero-order chi connectivity index (χ0) is 10.5. The molecule has 0 heterocycles. The fourth-order valence-corrected chi connectivity index (χ4v) is 0.878. The Kier molecular flexibility index (Phi) is 9.68. The standard InChI is InChI=1S/C5H11O7P.Na/c6-2-1-4(7)5(8)3-12-13(9,10)11;/h2,4-5,7-8H,1,3H2,(H2,9,10,11);/q;+1/p-1. The van der Waals surface area contributed by atoms with Gasteiger partial charge in [-0.2, -0.15) is 0 Å². The van der Waals surface area contributed by atoms with Gasteiger partial charge < -0.3 is 29.3 Å². The predicted molar refractivity (Wildman–Crippen MR) is 38.5 cm³/mol. The smallest absolute Gasteiger partial charge is 0.756 e. The summed E-state index contributed by atoms with van der Waals surface area (Å²) in [4.78, 5) is 28.0. The van der Waals surface area contributed by atoms with Gasteiger partial charge in [-0.25, -0.2) is 0 Å². The maximum atomic E-state index is 10.0. The van der Waals surface area contributed by atoms with Crippen LogP contribution in [0.5, 0.6) is 0 Å². The van der Waals surface area contributed by atoms with Crippen LogP contribution in [0, 0.1) is 0 Å². The van der Waals surface area contributed by atoms with Crippen molar-refractivity contribution in [2.45, 2.75) is 18.6 Å². The minimum atomic E-state index is -4.89. The predicted octanol–water partition coefficient (Wildman–Crippen LogP) is -5.22. The maximum Gasteiger partial charge on any atom is 1.00 e. The van der Waals surface area contributed by atoms with Crippen molar-refractivity contribution in [2.24, 2.45) is 0 Å². The molecule has 0 aromatic rings. The van der Waals surface area contributed by atoms with E-state index in [-0.39, 0.29) is 36.0 Å². The molecule has 0 aliphatic rings. The molecule has 0 rings (SSSR count). The molecule has 0 aromatic carbocycles. The number of phosphoric acid groups is 1. The van der Waals surface area contributed by atoms with Crippen molar-refractivity contribution in [3.8, 4) is 0 Å². The van der Waals surface area contributed by atoms with E-state index < -0.39 is 26.6 Å². The Hall–Kier alpha value is 0.700. The summed E-state index contributed by atoms with van der Waals surface area (Å²) in [6.45, 7) is -0.785. The topological polar surface area (TPSA) is 127 Å². The van der Waals surface area contributed by atoms with E-state index in [2.05, 4.69) is 4.52 Å². The van der Waals surface area contributed by atoms with Crippen molar-refractivity contribution in [1.82, 2.24) is 0 Å². The Morgan fingerprint density at radius 1 is 1.43 bits per heavy atom. The summed E-state index contributed by atoms with van der Waals surface area (Å²) < 4.78 is 13.8. The number of carbonyl (C=O) groups excluding carboxylic acids is 1. The number of hydrogen-bond donors (Lipinski definition) is 3. The van der Waals surface area contributed by atoms with Gasteiger partial charge in [0.15, 0.2) is 0 Å². The van der Waals surface area contributed by atoms with Crippen LogP contribution in [0.15, 0.2) is 0 Å². The summed E-state index contributed by atoms with van der Waals surface area (Å²) in [6, 6.07) is 0. The monoisotopic (exact) mass is 236 g/mol. The number of aliphatic hydroxyl groups excluding tert-OH is 2. The van der Waals surface area contributed by atoms with Gasteiger partial charge in [0, 0.05) is 6.42 Å². The molecule has 0 amide bonds. The third-order valence-corrected chi connectivity index (χ3v) is 1.67. The zero-order valence-electron chi connectivity index (χ0n) is 7.57. The molecule has 3 N–H and O–H groups in total. The molecule has 3 atom stereocenters. The molecule has 0 saturated carbocycles. The molecule has 9 heteroatoms. The first-order chi connectivity index (χ1) is 5.87. The van der Waals surface area contributed by atoms with Gasteiger partial charge in [-0.15, -0.1) is 0 Å². The van der Waals surface area contributed by atoms with Gasteiger partial charge in [0.05, 0.1) is 12.7 Å². The summed E-state index contributed by atoms with van der Waals surface area (Å²) in [6.07, 6.45) is -2.90. The van der Waals surface area contributed by atoms with Crippen LogP contribution in [0.4, 0.5) is 0 Å². The third kappa shape index (κ3) is 9.26. The van der Waals surface area contributed by atoms with E-state index in [1.165, 1.54) is 0 Å². The van der Waals surface area contributed by atoms with E-state index in [4.69, 9.17) is 15.1 Å². The second kappa shape index (κ2) is 7.92. The van der Waals surface area contributed by atoms with Crippen LogP contribution in [0.2, 0.25) is 0 Å². The molecular formula is C5H10NaO7P. The molecular weight excluding hydrogens is 226 g/mol. The fourth-order valence-electron chi connectivity index (χ4n) is 0.537. The molecule has 0 fully saturated rings. The minimum Gasteiger partial charge on any atom is -0.756 e. The van der Waals surface area contributed by atoms with Crippen molar-refractivity contribution < 1.29 is 63.4 Å². The average molecular weight is 236 g/mol. The van der Waals surface area contributed by atoms with Crippen LogP contribution in [0.3, 0.4) is 0 Å². The molecule has 0 saturated heterocycles. The summed E-state index contributed by atoms with van der Waals surface area (Å²) in [7, 11) is -4.89. The number of carbonyl (C=O) groups is 1. The Balaban J connectivity index is 0. The number of hydrogen-bond acceptors (Lipinski definition) is 6. The number of aldehydes is 1. The van der Waals surface area contributed by atoms with Gasteiger partial charge in [-0.3, -0.25) is 4.57 Å². The first kappa shape index (κ1) is 17.1. The summed E-state index contributed by atoms with van der Waals surface area (Å²) in [5.41, 5.74) is 0. The fraction of sp³-hybridized carbons (Fsp3) is 0.800. The molecule has 3 unspecified atom stereocenters. The van der Waals surface area contributed by atoms with Crippen LogP contribution < -0.4 is 34.5 Å². The van der Waals surface area contributed by atoms with Gasteiger partial charge in [0.1, 0.15) is 12.4 Å². The molecule has 7 nitrogen and oxygen atoms in total. The third-order valence-electron chi connectivity index (χ3n) is 1.19. The van der Waals surface area contributed by atoms with Crippen LogP contribution in [0.25, 0.3) is 0 Å². The first-order valence-electron chi connectivity index (χ1n) is 3.35. The number of rotatable bonds is 6. The van der Waals surface area contributed by atoms with Crippen molar-refractivity contribution in [1.29, 1.82) is 0 Å². The van der Waals surface area contributed by atoms with E-state index in [0.717, 1.165) is 0 Å². The second-order valence-corrected chi connectivity index (χ2v) is 3.50. The molecule has 78 valence electrons. The van der Waals surface area contributed by atoms with E-state index in [1.54, 1.807) is 0 Å². The summed E-state index contributed by atoms with van der Waals surface area (Å²) in [5, 5.41) is 17.8. The van der Waals surface area contributed by atoms with Crippen molar-refractivity contribution in [3.63, 3.8) is 0 Å². The van der Waals surface area contributed by atoms with Gasteiger partial charge in [0.2, 0.25) is 0 Å². The Bertz CT molecular complexity index is 204. The molecule has 0 aliphatic carbocycles. The molecule has 0 aliphatic heterocycles. The largest absolute Gasteiger partial charge is 1.00 e. The Morgan fingerprint density at radius 2 is 1.93 bits per heavy atom. The van der Waals surface area contributed by atoms with Crippen LogP contribution in [-0.4, -0.2) is 40.2 Å². The van der Waals surface area contributed by atoms with Crippen molar-refractivity contribution in [3.05, 3.63) is 0 Å². The molecule has 0 aromatic heterocycles. The molecule has 14 heavy (non-hydrogen) atoms. The quantitative estimate of drug-likeness (QED) is 0.239. The Labute approximate surface area is 103 Å². The van der Waals surface area contributed by atoms with Crippen molar-refractivity contribution >= 4 is 14.1 Å². The first-order valence-corrected chi connectivity index (χ1v) is 4.84. The van der Waals surface area contributed by atoms with Gasteiger partial charge in [-0.05, 0) is 0 Å². The summed E-state index contributed by atoms with van der Waals surface area (Å²) >= 11 is 0. The Morgan fingerprint density at radius 3 is 2.29 bits per heavy atom. The minimum absolute atomic E-state index is 0. The van der Waals surface area contributed by atoms with E-state index in [1.807, 2.05) is 0 Å². The SMILES string of the molecule is O=CCC(O)C(O)COP(=O)([O-])O.[Na+]. The summed E-state index contributed by atoms with van der Waals surface area (Å²) in [5.74, 6) is 0. The van der Waals surface area contributed by atoms with Gasteiger partial charge >= 0.3 is 29.6 Å². The van der Waals surface area contributed by atoms with E-state index >= 15 is 0 Å². The van der Waals surface area contributed by atoms with E-state index in [9.17, 15) is 14.3 Å². The zero-order valence-corrected chi connectivity index (χ0v) is 10.5.